The van der Waals surface area contributed by atoms with Gasteiger partial charge in [0.25, 0.3) is 0 Å². The van der Waals surface area contributed by atoms with Crippen LogP contribution in [0.4, 0.5) is 0 Å². The van der Waals surface area contributed by atoms with E-state index in [4.69, 9.17) is 11.8 Å². The Hall–Kier alpha value is -1.34. The maximum absolute atomic E-state index is 11.2. The lowest BCUT2D eigenvalue weighted by molar-refractivity contribution is -0.186. The first-order valence-electron chi connectivity index (χ1n) is 9.59. The van der Waals surface area contributed by atoms with E-state index in [0.717, 1.165) is 38.5 Å². The Morgan fingerprint density at radius 1 is 0.667 bits per heavy atom. The van der Waals surface area contributed by atoms with Crippen molar-refractivity contribution in [3.8, 4) is 0 Å². The third-order valence-corrected chi connectivity index (χ3v) is 7.60. The van der Waals surface area contributed by atoms with E-state index in [2.05, 4.69) is 4.84 Å². The van der Waals surface area contributed by atoms with Crippen molar-refractivity contribution in [3.63, 3.8) is 0 Å². The molecular weight excluding hydrogens is 374 g/mol. The zero-order valence-corrected chi connectivity index (χ0v) is 16.2. The van der Waals surface area contributed by atoms with E-state index in [-0.39, 0.29) is 41.0 Å². The fourth-order valence-electron chi connectivity index (χ4n) is 7.30. The lowest BCUT2D eigenvalue weighted by atomic mass is 9.36. The summed E-state index contributed by atoms with van der Waals surface area (Å²) in [5.74, 6) is -2.51. The number of carbonyl (C=O) groups is 3. The van der Waals surface area contributed by atoms with Gasteiger partial charge in [-0.2, -0.15) is 0 Å². The fraction of sp³-hybridized carbons (Fsp3) is 0.842. The maximum atomic E-state index is 11.2. The lowest BCUT2D eigenvalue weighted by Gasteiger charge is -2.71. The van der Waals surface area contributed by atoms with Gasteiger partial charge in [0, 0.05) is 24.8 Å². The Morgan fingerprint density at radius 2 is 0.963 bits per heavy atom. The van der Waals surface area contributed by atoms with E-state index in [1.165, 1.54) is 0 Å². The minimum Gasteiger partial charge on any atom is -0.481 e. The second kappa shape index (κ2) is 6.92. The van der Waals surface area contributed by atoms with Gasteiger partial charge in [0.2, 0.25) is 0 Å². The van der Waals surface area contributed by atoms with Crippen molar-refractivity contribution in [2.45, 2.75) is 82.6 Å². The zero-order chi connectivity index (χ0) is 19.9. The van der Waals surface area contributed by atoms with Crippen molar-refractivity contribution in [2.75, 3.05) is 0 Å². The van der Waals surface area contributed by atoms with Gasteiger partial charge >= 0.3 is 17.9 Å². The third-order valence-electron chi connectivity index (χ3n) is 7.20. The summed E-state index contributed by atoms with van der Waals surface area (Å²) < 4.78 is 0. The number of hydrogen-bond donors (Lipinski definition) is 4. The minimum absolute atomic E-state index is 0.0718. The SMILES string of the molecule is O=C(O)CCC12CC3(CCC(=O)O)CC(CCC(=O)O)(C1)CC(NCl)(C2)C3. The summed E-state index contributed by atoms with van der Waals surface area (Å²) in [6, 6.07) is 0. The normalized spacial score (nSPS) is 39.4. The molecule has 8 heteroatoms. The monoisotopic (exact) mass is 401 g/mol. The summed E-state index contributed by atoms with van der Waals surface area (Å²) in [6.07, 6.45) is 6.60. The smallest absolute Gasteiger partial charge is 0.303 e. The molecule has 0 heterocycles. The molecule has 0 aromatic rings. The third kappa shape index (κ3) is 4.09. The van der Waals surface area contributed by atoms with Crippen LogP contribution in [-0.4, -0.2) is 38.8 Å². The molecule has 0 aliphatic heterocycles. The standard InChI is InChI=1S/C19H28ClNO6/c20-21-19-10-16(4-1-13(22)23)7-17(11-19,5-2-14(24)25)9-18(8-16,12-19)6-3-15(26)27/h21H,1-12H2,(H,22,23)(H,24,25)(H,26,27). The molecule has 0 spiro atoms. The zero-order valence-electron chi connectivity index (χ0n) is 15.4. The molecule has 4 aliphatic rings. The highest BCUT2D eigenvalue weighted by atomic mass is 35.5. The molecule has 0 aromatic carbocycles. The van der Waals surface area contributed by atoms with E-state index >= 15 is 0 Å². The van der Waals surface area contributed by atoms with Crippen LogP contribution in [0.25, 0.3) is 0 Å². The molecule has 0 amide bonds. The average molecular weight is 402 g/mol. The van der Waals surface area contributed by atoms with Crippen molar-refractivity contribution in [2.24, 2.45) is 16.2 Å². The van der Waals surface area contributed by atoms with Gasteiger partial charge in [0.15, 0.2) is 0 Å². The number of rotatable bonds is 10. The van der Waals surface area contributed by atoms with Crippen LogP contribution in [0, 0.1) is 16.2 Å². The Labute approximate surface area is 163 Å². The molecule has 27 heavy (non-hydrogen) atoms. The molecule has 152 valence electrons. The van der Waals surface area contributed by atoms with Crippen molar-refractivity contribution in [3.05, 3.63) is 0 Å². The Bertz CT molecular complexity index is 559. The first-order valence-corrected chi connectivity index (χ1v) is 9.96. The van der Waals surface area contributed by atoms with Crippen LogP contribution < -0.4 is 4.84 Å². The summed E-state index contributed by atoms with van der Waals surface area (Å²) in [6.45, 7) is 0. The second-order valence-electron chi connectivity index (χ2n) is 9.62. The predicted octanol–water partition coefficient (Wildman–Crippen LogP) is 3.40. The second-order valence-corrected chi connectivity index (χ2v) is 9.81. The molecule has 0 radical (unpaired) electrons. The van der Waals surface area contributed by atoms with Gasteiger partial charge < -0.3 is 15.3 Å². The molecule has 0 saturated heterocycles. The van der Waals surface area contributed by atoms with Crippen LogP contribution in [0.15, 0.2) is 0 Å². The Balaban J connectivity index is 1.95. The minimum atomic E-state index is -0.835. The molecule has 0 aromatic heterocycles. The number of halogens is 1. The highest BCUT2D eigenvalue weighted by Gasteiger charge is 2.67. The van der Waals surface area contributed by atoms with Gasteiger partial charge in [-0.25, -0.2) is 4.84 Å². The number of carboxylic acid groups (broad SMARTS) is 3. The average Bonchev–Trinajstić information content (AvgIpc) is 2.56. The summed E-state index contributed by atoms with van der Waals surface area (Å²) >= 11 is 6.20. The van der Waals surface area contributed by atoms with E-state index in [1.54, 1.807) is 0 Å². The number of carboxylic acids is 3. The molecule has 0 atom stereocenters. The number of nitrogens with one attached hydrogen (secondary N) is 1. The molecular formula is C19H28ClNO6. The Kier molecular flexibility index (Phi) is 5.23. The van der Waals surface area contributed by atoms with Crippen LogP contribution >= 0.6 is 11.8 Å². The molecule has 4 fully saturated rings. The van der Waals surface area contributed by atoms with Gasteiger partial charge in [-0.3, -0.25) is 14.4 Å². The molecule has 4 aliphatic carbocycles. The van der Waals surface area contributed by atoms with Gasteiger partial charge in [-0.1, -0.05) is 0 Å². The topological polar surface area (TPSA) is 124 Å². The molecule has 4 N–H and O–H groups in total. The van der Waals surface area contributed by atoms with Gasteiger partial charge in [0.05, 0.1) is 0 Å². The van der Waals surface area contributed by atoms with Gasteiger partial charge in [-0.15, -0.1) is 0 Å². The fourth-order valence-corrected chi connectivity index (χ4v) is 7.50. The van der Waals surface area contributed by atoms with Crippen LogP contribution in [0.3, 0.4) is 0 Å². The van der Waals surface area contributed by atoms with Gasteiger partial charge in [0.1, 0.15) is 0 Å². The summed E-state index contributed by atoms with van der Waals surface area (Å²) in [7, 11) is 0. The van der Waals surface area contributed by atoms with Crippen molar-refractivity contribution in [1.29, 1.82) is 0 Å². The molecule has 4 rings (SSSR count). The first-order chi connectivity index (χ1) is 12.6. The highest BCUT2D eigenvalue weighted by molar-refractivity contribution is 6.14. The van der Waals surface area contributed by atoms with Crippen LogP contribution in [0.1, 0.15) is 77.0 Å². The summed E-state index contributed by atoms with van der Waals surface area (Å²) in [5, 5.41) is 27.7. The van der Waals surface area contributed by atoms with Crippen molar-refractivity contribution in [1.82, 2.24) is 4.84 Å². The van der Waals surface area contributed by atoms with Crippen molar-refractivity contribution >= 4 is 29.7 Å². The quantitative estimate of drug-likeness (QED) is 0.413. The molecule has 4 bridgehead atoms. The van der Waals surface area contributed by atoms with Crippen LogP contribution in [0.2, 0.25) is 0 Å². The molecule has 4 saturated carbocycles. The van der Waals surface area contributed by atoms with Crippen molar-refractivity contribution < 1.29 is 29.7 Å². The lowest BCUT2D eigenvalue weighted by Crippen LogP contribution is -2.67. The number of aliphatic carboxylic acids is 3. The van der Waals surface area contributed by atoms with E-state index in [9.17, 15) is 29.7 Å². The van der Waals surface area contributed by atoms with E-state index in [1.807, 2.05) is 0 Å². The summed E-state index contributed by atoms with van der Waals surface area (Å²) in [5.41, 5.74) is -1.02. The van der Waals surface area contributed by atoms with E-state index in [0.29, 0.717) is 19.3 Å². The largest absolute Gasteiger partial charge is 0.481 e. The molecule has 7 nitrogen and oxygen atoms in total. The predicted molar refractivity (Wildman–Crippen MR) is 97.3 cm³/mol. The number of hydrogen-bond acceptors (Lipinski definition) is 4. The maximum Gasteiger partial charge on any atom is 0.303 e. The Morgan fingerprint density at radius 3 is 1.19 bits per heavy atom. The van der Waals surface area contributed by atoms with Crippen LogP contribution in [0.5, 0.6) is 0 Å². The van der Waals surface area contributed by atoms with E-state index < -0.39 is 17.9 Å². The highest BCUT2D eigenvalue weighted by Crippen LogP contribution is 2.74. The van der Waals surface area contributed by atoms with Gasteiger partial charge in [-0.05, 0) is 85.8 Å². The molecule has 0 unspecified atom stereocenters. The first kappa shape index (κ1) is 20.4. The van der Waals surface area contributed by atoms with Crippen LogP contribution in [-0.2, 0) is 14.4 Å². The summed E-state index contributed by atoms with van der Waals surface area (Å²) in [4.78, 5) is 36.7.